The van der Waals surface area contributed by atoms with Gasteiger partial charge in [0, 0.05) is 13.1 Å². The number of hydrogen-bond donors (Lipinski definition) is 3. The fraction of sp³-hybridized carbons (Fsp3) is 0.500. The topological polar surface area (TPSA) is 79.2 Å². The summed E-state index contributed by atoms with van der Waals surface area (Å²) in [4.78, 5) is 9.75. The van der Waals surface area contributed by atoms with Gasteiger partial charge in [0.25, 0.3) is 0 Å². The summed E-state index contributed by atoms with van der Waals surface area (Å²) in [5.41, 5.74) is 1.92. The second kappa shape index (κ2) is 2.90. The molecule has 6 heteroatoms. The molecule has 3 N–H and O–H groups in total. The maximum atomic E-state index is 9.75. The van der Waals surface area contributed by atoms with Crippen molar-refractivity contribution in [3.63, 3.8) is 0 Å². The van der Waals surface area contributed by atoms with E-state index < -0.39 is 5.03 Å². The summed E-state index contributed by atoms with van der Waals surface area (Å²) in [5, 5.41) is 14.9. The molecule has 0 amide bonds. The number of rotatable bonds is 2. The molecule has 1 aliphatic rings. The molecule has 10 heavy (non-hydrogen) atoms. The molecular weight excluding hydrogens is 136 g/mol. The van der Waals surface area contributed by atoms with E-state index in [1.54, 1.807) is 0 Å². The Hall–Kier alpha value is -1.46. The Kier molecular flexibility index (Phi) is 1.93. The third-order valence-corrected chi connectivity index (χ3v) is 1.07. The van der Waals surface area contributed by atoms with E-state index in [0.29, 0.717) is 5.82 Å². The van der Waals surface area contributed by atoms with Crippen molar-refractivity contribution in [3.8, 4) is 0 Å². The van der Waals surface area contributed by atoms with E-state index in [1.165, 1.54) is 6.20 Å². The molecule has 1 saturated heterocycles. The molecule has 1 rings (SSSR count). The highest BCUT2D eigenvalue weighted by Gasteiger charge is 2.02. The predicted octanol–water partition coefficient (Wildman–Crippen LogP) is -1.24. The van der Waals surface area contributed by atoms with Gasteiger partial charge in [-0.3, -0.25) is 0 Å². The summed E-state index contributed by atoms with van der Waals surface area (Å²) in [6, 6.07) is 0. The van der Waals surface area contributed by atoms with Gasteiger partial charge in [-0.1, -0.05) is 0 Å². The van der Waals surface area contributed by atoms with Crippen LogP contribution in [0.25, 0.3) is 0 Å². The van der Waals surface area contributed by atoms with Crippen LogP contribution in [0.2, 0.25) is 0 Å². The number of nitrogens with one attached hydrogen (secondary N) is 3. The van der Waals surface area contributed by atoms with Crippen LogP contribution in [0.4, 0.5) is 0 Å². The van der Waals surface area contributed by atoms with Gasteiger partial charge in [-0.15, -0.1) is 5.43 Å². The van der Waals surface area contributed by atoms with Crippen LogP contribution < -0.4 is 16.1 Å². The zero-order chi connectivity index (χ0) is 7.40. The van der Waals surface area contributed by atoms with Gasteiger partial charge in [-0.05, 0) is 0 Å². The third kappa shape index (κ3) is 1.81. The van der Waals surface area contributed by atoms with Crippen LogP contribution in [-0.2, 0) is 0 Å². The molecule has 0 aliphatic carbocycles. The fourth-order valence-corrected chi connectivity index (χ4v) is 0.676. The molecule has 1 fully saturated rings. The van der Waals surface area contributed by atoms with Crippen molar-refractivity contribution in [3.05, 3.63) is 22.1 Å². The molecule has 0 atom stereocenters. The first-order valence-corrected chi connectivity index (χ1v) is 2.87. The van der Waals surface area contributed by atoms with E-state index in [1.807, 2.05) is 5.43 Å². The molecule has 6 nitrogen and oxygen atoms in total. The molecule has 1 heterocycles. The SMILES string of the molecule is O=[N+]([O-])NC=C1NCCN1. The Morgan fingerprint density at radius 1 is 1.60 bits per heavy atom. The highest BCUT2D eigenvalue weighted by molar-refractivity contribution is 4.98. The van der Waals surface area contributed by atoms with Crippen LogP contribution in [0, 0.1) is 10.1 Å². The van der Waals surface area contributed by atoms with Crippen LogP contribution in [0.15, 0.2) is 12.0 Å². The lowest BCUT2D eigenvalue weighted by atomic mass is 10.7. The molecule has 0 bridgehead atoms. The van der Waals surface area contributed by atoms with Crippen LogP contribution >= 0.6 is 0 Å². The second-order valence-electron chi connectivity index (χ2n) is 1.80. The lowest BCUT2D eigenvalue weighted by Crippen LogP contribution is -2.20. The lowest BCUT2D eigenvalue weighted by molar-refractivity contribution is -0.532. The molecule has 0 aromatic carbocycles. The smallest absolute Gasteiger partial charge is 0.162 e. The van der Waals surface area contributed by atoms with Gasteiger partial charge in [0.05, 0.1) is 0 Å². The fourth-order valence-electron chi connectivity index (χ4n) is 0.676. The number of nitrogens with zero attached hydrogens (tertiary/aromatic N) is 1. The summed E-state index contributed by atoms with van der Waals surface area (Å²) < 4.78 is 0. The zero-order valence-electron chi connectivity index (χ0n) is 5.26. The van der Waals surface area contributed by atoms with Crippen molar-refractivity contribution < 1.29 is 5.03 Å². The minimum atomic E-state index is -0.616. The van der Waals surface area contributed by atoms with Gasteiger partial charge in [0.15, 0.2) is 5.03 Å². The second-order valence-corrected chi connectivity index (χ2v) is 1.80. The standard InChI is InChI=1S/C4H8N4O2/c9-8(10)7-3-4-5-1-2-6-4/h3,5-7H,1-2H2. The average Bonchev–Trinajstić information content (AvgIpc) is 2.34. The zero-order valence-corrected chi connectivity index (χ0v) is 5.26. The first-order chi connectivity index (χ1) is 4.79. The van der Waals surface area contributed by atoms with Crippen LogP contribution in [0.3, 0.4) is 0 Å². The first-order valence-electron chi connectivity index (χ1n) is 2.87. The number of nitro groups is 1. The van der Waals surface area contributed by atoms with Crippen molar-refractivity contribution in [2.75, 3.05) is 13.1 Å². The van der Waals surface area contributed by atoms with Gasteiger partial charge in [-0.25, -0.2) is 10.1 Å². The Morgan fingerprint density at radius 3 is 2.70 bits per heavy atom. The summed E-state index contributed by atoms with van der Waals surface area (Å²) in [5.74, 6) is 0.664. The van der Waals surface area contributed by atoms with E-state index >= 15 is 0 Å². The van der Waals surface area contributed by atoms with E-state index in [4.69, 9.17) is 0 Å². The van der Waals surface area contributed by atoms with Gasteiger partial charge in [0.2, 0.25) is 0 Å². The highest BCUT2D eigenvalue weighted by Crippen LogP contribution is 1.85. The third-order valence-electron chi connectivity index (χ3n) is 1.07. The molecule has 0 aromatic rings. The van der Waals surface area contributed by atoms with Gasteiger partial charge in [-0.2, -0.15) is 0 Å². The minimum Gasteiger partial charge on any atom is -0.369 e. The Bertz CT molecular complexity index is 159. The van der Waals surface area contributed by atoms with Crippen molar-refractivity contribution in [1.82, 2.24) is 16.1 Å². The molecule has 0 unspecified atom stereocenters. The molecular formula is C4H8N4O2. The molecule has 56 valence electrons. The predicted molar refractivity (Wildman–Crippen MR) is 34.2 cm³/mol. The van der Waals surface area contributed by atoms with Crippen LogP contribution in [0.5, 0.6) is 0 Å². The maximum absolute atomic E-state index is 9.75. The average molecular weight is 144 g/mol. The van der Waals surface area contributed by atoms with E-state index in [0.717, 1.165) is 13.1 Å². The Morgan fingerprint density at radius 2 is 2.20 bits per heavy atom. The Balaban J connectivity index is 2.31. The molecule has 0 saturated carbocycles. The van der Waals surface area contributed by atoms with Crippen LogP contribution in [0.1, 0.15) is 0 Å². The number of hydrogen-bond acceptors (Lipinski definition) is 4. The largest absolute Gasteiger partial charge is 0.369 e. The maximum Gasteiger partial charge on any atom is 0.162 e. The van der Waals surface area contributed by atoms with E-state index in [2.05, 4.69) is 10.6 Å². The quantitative estimate of drug-likeness (QED) is 0.333. The summed E-state index contributed by atoms with van der Waals surface area (Å²) >= 11 is 0. The van der Waals surface area contributed by atoms with E-state index in [9.17, 15) is 10.1 Å². The monoisotopic (exact) mass is 144 g/mol. The van der Waals surface area contributed by atoms with Crippen molar-refractivity contribution in [2.45, 2.75) is 0 Å². The highest BCUT2D eigenvalue weighted by atomic mass is 16.7. The molecule has 0 radical (unpaired) electrons. The van der Waals surface area contributed by atoms with E-state index in [-0.39, 0.29) is 0 Å². The normalized spacial score (nSPS) is 15.4. The minimum absolute atomic E-state index is 0.616. The Labute approximate surface area is 57.4 Å². The van der Waals surface area contributed by atoms with Gasteiger partial charge in [0.1, 0.15) is 12.0 Å². The first kappa shape index (κ1) is 6.66. The van der Waals surface area contributed by atoms with Gasteiger partial charge >= 0.3 is 0 Å². The summed E-state index contributed by atoms with van der Waals surface area (Å²) in [6.07, 6.45) is 1.28. The molecule has 1 aliphatic heterocycles. The number of hydrazine groups is 1. The van der Waals surface area contributed by atoms with Crippen molar-refractivity contribution in [1.29, 1.82) is 0 Å². The summed E-state index contributed by atoms with van der Waals surface area (Å²) in [6.45, 7) is 1.62. The summed E-state index contributed by atoms with van der Waals surface area (Å²) in [7, 11) is 0. The lowest BCUT2D eigenvalue weighted by Gasteiger charge is -1.95. The molecule has 0 aromatic heterocycles. The van der Waals surface area contributed by atoms with Gasteiger partial charge < -0.3 is 10.6 Å². The van der Waals surface area contributed by atoms with Crippen molar-refractivity contribution >= 4 is 0 Å². The molecule has 0 spiro atoms. The van der Waals surface area contributed by atoms with Crippen LogP contribution in [-0.4, -0.2) is 18.1 Å². The van der Waals surface area contributed by atoms with Crippen molar-refractivity contribution in [2.24, 2.45) is 0 Å².